The maximum absolute atomic E-state index is 11.8. The zero-order valence-corrected chi connectivity index (χ0v) is 9.46. The van der Waals surface area contributed by atoms with Crippen LogP contribution < -0.4 is 0 Å². The van der Waals surface area contributed by atoms with Crippen molar-refractivity contribution in [3.05, 3.63) is 24.3 Å². The molecule has 1 rings (SSSR count). The number of unbranched alkanes of at least 4 members (excludes halogenated alkanes) is 2. The van der Waals surface area contributed by atoms with Crippen LogP contribution in [0.2, 0.25) is 0 Å². The lowest BCUT2D eigenvalue weighted by molar-refractivity contribution is 0.583. The third kappa shape index (κ3) is 3.29. The van der Waals surface area contributed by atoms with Crippen molar-refractivity contribution in [2.24, 2.45) is 0 Å². The topological polar surface area (TPSA) is 34.1 Å². The van der Waals surface area contributed by atoms with E-state index in [1.54, 1.807) is 6.08 Å². The molecular weight excluding hydrogens is 196 g/mol. The van der Waals surface area contributed by atoms with Gasteiger partial charge in [0.05, 0.1) is 11.0 Å². The average molecular weight is 214 g/mol. The van der Waals surface area contributed by atoms with Crippen LogP contribution >= 0.6 is 0 Å². The van der Waals surface area contributed by atoms with Gasteiger partial charge in [-0.2, -0.15) is 0 Å². The minimum absolute atomic E-state index is 0.274. The third-order valence-electron chi connectivity index (χ3n) is 2.44. The molecule has 1 unspecified atom stereocenters. The van der Waals surface area contributed by atoms with Gasteiger partial charge in [0.2, 0.25) is 0 Å². The largest absolute Gasteiger partial charge is 0.228 e. The maximum atomic E-state index is 11.8. The fourth-order valence-electron chi connectivity index (χ4n) is 1.53. The lowest BCUT2D eigenvalue weighted by Crippen LogP contribution is -2.22. The van der Waals surface area contributed by atoms with Crippen LogP contribution in [0.5, 0.6) is 0 Å². The van der Waals surface area contributed by atoms with E-state index in [4.69, 9.17) is 0 Å². The number of rotatable bonds is 5. The van der Waals surface area contributed by atoms with Crippen LogP contribution in [0.1, 0.15) is 32.6 Å². The number of hydrogen-bond donors (Lipinski definition) is 0. The molecule has 1 atom stereocenters. The molecule has 14 heavy (non-hydrogen) atoms. The summed E-state index contributed by atoms with van der Waals surface area (Å²) < 4.78 is 23.6. The second-order valence-electron chi connectivity index (χ2n) is 3.66. The molecule has 0 bridgehead atoms. The molecule has 0 aromatic heterocycles. The van der Waals surface area contributed by atoms with Gasteiger partial charge in [0, 0.05) is 0 Å². The van der Waals surface area contributed by atoms with Crippen molar-refractivity contribution in [1.29, 1.82) is 0 Å². The summed E-state index contributed by atoms with van der Waals surface area (Å²) in [7, 11) is -2.89. The summed E-state index contributed by atoms with van der Waals surface area (Å²) in [5.74, 6) is 0.337. The molecule has 0 radical (unpaired) electrons. The summed E-state index contributed by atoms with van der Waals surface area (Å²) >= 11 is 0. The average Bonchev–Trinajstić information content (AvgIpc) is 2.19. The standard InChI is InChI=1S/C11H18O2S/c1-2-3-7-10-14(12,13)11-8-5-4-6-9-11/h4-6,8,11H,2-3,7,9-10H2,1H3. The highest BCUT2D eigenvalue weighted by atomic mass is 32.2. The third-order valence-corrected chi connectivity index (χ3v) is 4.56. The highest BCUT2D eigenvalue weighted by Crippen LogP contribution is 2.15. The van der Waals surface area contributed by atoms with E-state index in [1.165, 1.54) is 0 Å². The van der Waals surface area contributed by atoms with E-state index < -0.39 is 9.84 Å². The van der Waals surface area contributed by atoms with Crippen LogP contribution in [-0.2, 0) is 9.84 Å². The van der Waals surface area contributed by atoms with Crippen molar-refractivity contribution >= 4 is 9.84 Å². The molecule has 0 saturated heterocycles. The van der Waals surface area contributed by atoms with E-state index in [-0.39, 0.29) is 5.25 Å². The van der Waals surface area contributed by atoms with Gasteiger partial charge in [0.15, 0.2) is 9.84 Å². The zero-order valence-electron chi connectivity index (χ0n) is 8.65. The van der Waals surface area contributed by atoms with Gasteiger partial charge < -0.3 is 0 Å². The monoisotopic (exact) mass is 214 g/mol. The molecule has 0 fully saturated rings. The van der Waals surface area contributed by atoms with E-state index >= 15 is 0 Å². The molecule has 3 heteroatoms. The van der Waals surface area contributed by atoms with Gasteiger partial charge in [-0.05, 0) is 12.8 Å². The molecule has 80 valence electrons. The highest BCUT2D eigenvalue weighted by molar-refractivity contribution is 7.92. The number of hydrogen-bond acceptors (Lipinski definition) is 2. The number of sulfone groups is 1. The van der Waals surface area contributed by atoms with Crippen LogP contribution in [0.4, 0.5) is 0 Å². The molecule has 2 nitrogen and oxygen atoms in total. The van der Waals surface area contributed by atoms with Crippen molar-refractivity contribution in [3.63, 3.8) is 0 Å². The predicted octanol–water partition coefficient (Wildman–Crippen LogP) is 2.48. The quantitative estimate of drug-likeness (QED) is 0.659. The van der Waals surface area contributed by atoms with Gasteiger partial charge in [-0.15, -0.1) is 0 Å². The Labute approximate surface area is 86.6 Å². The first kappa shape index (κ1) is 11.5. The predicted molar refractivity (Wildman–Crippen MR) is 60.0 cm³/mol. The molecule has 0 amide bonds. The van der Waals surface area contributed by atoms with Gasteiger partial charge in [0.25, 0.3) is 0 Å². The van der Waals surface area contributed by atoms with Gasteiger partial charge in [-0.25, -0.2) is 8.42 Å². The lowest BCUT2D eigenvalue weighted by atomic mass is 10.2. The first-order valence-electron chi connectivity index (χ1n) is 5.21. The van der Waals surface area contributed by atoms with Crippen molar-refractivity contribution < 1.29 is 8.42 Å². The lowest BCUT2D eigenvalue weighted by Gasteiger charge is -2.13. The van der Waals surface area contributed by atoms with Crippen LogP contribution in [0, 0.1) is 0 Å². The normalized spacial score (nSPS) is 21.4. The van der Waals surface area contributed by atoms with E-state index in [0.29, 0.717) is 12.2 Å². The second kappa shape index (κ2) is 5.35. The molecule has 0 saturated carbocycles. The smallest absolute Gasteiger partial charge is 0.157 e. The van der Waals surface area contributed by atoms with Gasteiger partial charge in [0.1, 0.15) is 0 Å². The van der Waals surface area contributed by atoms with Crippen molar-refractivity contribution in [2.75, 3.05) is 5.75 Å². The SMILES string of the molecule is CCCCCS(=O)(=O)C1C=CC=CC1. The first-order chi connectivity index (χ1) is 6.67. The molecule has 0 N–H and O–H groups in total. The Kier molecular flexibility index (Phi) is 4.39. The Morgan fingerprint density at radius 3 is 2.64 bits per heavy atom. The van der Waals surface area contributed by atoms with Gasteiger partial charge in [-0.1, -0.05) is 44.1 Å². The van der Waals surface area contributed by atoms with Crippen molar-refractivity contribution in [2.45, 2.75) is 37.9 Å². The highest BCUT2D eigenvalue weighted by Gasteiger charge is 2.21. The minimum atomic E-state index is -2.89. The van der Waals surface area contributed by atoms with Crippen molar-refractivity contribution in [1.82, 2.24) is 0 Å². The van der Waals surface area contributed by atoms with E-state index in [1.807, 2.05) is 18.2 Å². The summed E-state index contributed by atoms with van der Waals surface area (Å²) in [4.78, 5) is 0. The Balaban J connectivity index is 2.48. The molecule has 0 spiro atoms. The molecule has 0 aromatic rings. The second-order valence-corrected chi connectivity index (χ2v) is 6.00. The summed E-state index contributed by atoms with van der Waals surface area (Å²) in [5, 5.41) is -0.274. The van der Waals surface area contributed by atoms with E-state index in [9.17, 15) is 8.42 Å². The summed E-state index contributed by atoms with van der Waals surface area (Å²) in [6.45, 7) is 2.08. The van der Waals surface area contributed by atoms with Crippen LogP contribution in [0.15, 0.2) is 24.3 Å². The zero-order chi connectivity index (χ0) is 10.4. The Hall–Kier alpha value is -0.570. The van der Waals surface area contributed by atoms with Crippen LogP contribution in [0.3, 0.4) is 0 Å². The molecule has 0 aliphatic heterocycles. The first-order valence-corrected chi connectivity index (χ1v) is 6.93. The molecule has 1 aliphatic carbocycles. The van der Waals surface area contributed by atoms with E-state index in [0.717, 1.165) is 19.3 Å². The Morgan fingerprint density at radius 2 is 2.07 bits per heavy atom. The fraction of sp³-hybridized carbons (Fsp3) is 0.636. The Morgan fingerprint density at radius 1 is 1.29 bits per heavy atom. The minimum Gasteiger partial charge on any atom is -0.228 e. The van der Waals surface area contributed by atoms with E-state index in [2.05, 4.69) is 6.92 Å². The summed E-state index contributed by atoms with van der Waals surface area (Å²) in [5.41, 5.74) is 0. The molecule has 1 aliphatic rings. The Bertz CT molecular complexity index is 312. The maximum Gasteiger partial charge on any atom is 0.157 e. The van der Waals surface area contributed by atoms with Crippen LogP contribution in [-0.4, -0.2) is 19.4 Å². The van der Waals surface area contributed by atoms with Gasteiger partial charge >= 0.3 is 0 Å². The van der Waals surface area contributed by atoms with Crippen molar-refractivity contribution in [3.8, 4) is 0 Å². The van der Waals surface area contributed by atoms with Gasteiger partial charge in [-0.3, -0.25) is 0 Å². The summed E-state index contributed by atoms with van der Waals surface area (Å²) in [6, 6.07) is 0. The molecular formula is C11H18O2S. The number of allylic oxidation sites excluding steroid dienone is 3. The van der Waals surface area contributed by atoms with Crippen LogP contribution in [0.25, 0.3) is 0 Å². The molecule has 0 aromatic carbocycles. The molecule has 0 heterocycles. The fourth-order valence-corrected chi connectivity index (χ4v) is 3.17. The summed E-state index contributed by atoms with van der Waals surface area (Å²) in [6.07, 6.45) is 11.0.